The minimum atomic E-state index is -2.41. The van der Waals surface area contributed by atoms with Gasteiger partial charge in [-0.1, -0.05) is 13.3 Å². The van der Waals surface area contributed by atoms with E-state index in [0.29, 0.717) is 0 Å². The molecule has 5 heteroatoms. The van der Waals surface area contributed by atoms with Crippen molar-refractivity contribution < 1.29 is 13.3 Å². The van der Waals surface area contributed by atoms with Crippen LogP contribution in [-0.2, 0) is 26.1 Å². The molecule has 19 heavy (non-hydrogen) atoms. The van der Waals surface area contributed by atoms with E-state index in [1.54, 1.807) is 21.3 Å². The predicted octanol–water partition coefficient (Wildman–Crippen LogP) is 3.17. The van der Waals surface area contributed by atoms with E-state index in [9.17, 15) is 0 Å². The van der Waals surface area contributed by atoms with Crippen LogP contribution in [-0.4, -0.2) is 35.1 Å². The Morgan fingerprint density at radius 1 is 1.05 bits per heavy atom. The lowest BCUT2D eigenvalue weighted by molar-refractivity contribution is 0.123. The number of aryl methyl sites for hydroxylation is 2. The molecule has 1 aromatic rings. The highest BCUT2D eigenvalue weighted by molar-refractivity contribution is 6.60. The van der Waals surface area contributed by atoms with Crippen LogP contribution in [0.25, 0.3) is 0 Å². The van der Waals surface area contributed by atoms with Gasteiger partial charge < -0.3 is 18.3 Å². The molecule has 1 heterocycles. The standard InChI is InChI=1S/C14H27NO3Si/c1-5-6-8-13-10-11-15-14(13)9-7-12-19(16-2,17-3)18-4/h10-11,15H,5-9,12H2,1-4H3. The van der Waals surface area contributed by atoms with Gasteiger partial charge in [0.2, 0.25) is 0 Å². The zero-order valence-corrected chi connectivity index (χ0v) is 13.6. The smallest absolute Gasteiger partial charge is 0.377 e. The molecular weight excluding hydrogens is 258 g/mol. The van der Waals surface area contributed by atoms with Gasteiger partial charge in [0.1, 0.15) is 0 Å². The summed E-state index contributed by atoms with van der Waals surface area (Å²) in [5.41, 5.74) is 2.79. The van der Waals surface area contributed by atoms with Crippen LogP contribution in [0.15, 0.2) is 12.3 Å². The zero-order chi connectivity index (χ0) is 14.1. The van der Waals surface area contributed by atoms with Crippen molar-refractivity contribution in [1.82, 2.24) is 4.98 Å². The molecule has 1 N–H and O–H groups in total. The molecule has 0 aliphatic heterocycles. The molecule has 0 aliphatic rings. The lowest BCUT2D eigenvalue weighted by atomic mass is 10.1. The van der Waals surface area contributed by atoms with E-state index in [4.69, 9.17) is 13.3 Å². The highest BCUT2D eigenvalue weighted by Gasteiger charge is 2.36. The summed E-state index contributed by atoms with van der Waals surface area (Å²) in [7, 11) is 2.59. The molecule has 0 atom stereocenters. The van der Waals surface area contributed by atoms with E-state index in [0.717, 1.165) is 25.3 Å². The maximum absolute atomic E-state index is 5.44. The second-order valence-corrected chi connectivity index (χ2v) is 7.82. The SMILES string of the molecule is CCCCc1cc[nH]c1CCC[Si](OC)(OC)OC. The fraction of sp³-hybridized carbons (Fsp3) is 0.714. The first kappa shape index (κ1) is 16.4. The fourth-order valence-corrected chi connectivity index (χ4v) is 4.03. The number of aromatic nitrogens is 1. The predicted molar refractivity (Wildman–Crippen MR) is 79.3 cm³/mol. The van der Waals surface area contributed by atoms with Crippen LogP contribution in [0, 0.1) is 0 Å². The van der Waals surface area contributed by atoms with Crippen molar-refractivity contribution in [2.45, 2.75) is 45.1 Å². The third-order valence-electron chi connectivity index (χ3n) is 3.57. The molecule has 0 radical (unpaired) electrons. The molecule has 0 amide bonds. The van der Waals surface area contributed by atoms with Crippen LogP contribution >= 0.6 is 0 Å². The Kier molecular flexibility index (Phi) is 7.38. The number of H-pyrrole nitrogens is 1. The average Bonchev–Trinajstić information content (AvgIpc) is 2.89. The lowest BCUT2D eigenvalue weighted by Crippen LogP contribution is -2.42. The number of nitrogens with one attached hydrogen (secondary N) is 1. The molecule has 110 valence electrons. The van der Waals surface area contributed by atoms with Crippen LogP contribution in [0.3, 0.4) is 0 Å². The number of hydrogen-bond donors (Lipinski definition) is 1. The maximum atomic E-state index is 5.44. The van der Waals surface area contributed by atoms with Gasteiger partial charge in [0.25, 0.3) is 0 Å². The summed E-state index contributed by atoms with van der Waals surface area (Å²) in [5.74, 6) is 0. The van der Waals surface area contributed by atoms with Crippen LogP contribution in [0.1, 0.15) is 37.4 Å². The molecule has 0 bridgehead atoms. The summed E-state index contributed by atoms with van der Waals surface area (Å²) in [6.07, 6.45) is 7.72. The number of aromatic amines is 1. The van der Waals surface area contributed by atoms with Gasteiger partial charge in [-0.05, 0) is 37.3 Å². The first-order valence-corrected chi connectivity index (χ1v) is 8.95. The Labute approximate surface area is 117 Å². The normalized spacial score (nSPS) is 12.0. The van der Waals surface area contributed by atoms with Gasteiger partial charge in [0.05, 0.1) is 0 Å². The summed E-state index contributed by atoms with van der Waals surface area (Å²) in [6, 6.07) is 3.04. The maximum Gasteiger partial charge on any atom is 0.500 e. The fourth-order valence-electron chi connectivity index (χ4n) is 2.31. The monoisotopic (exact) mass is 285 g/mol. The summed E-state index contributed by atoms with van der Waals surface area (Å²) in [6.45, 7) is 2.22. The summed E-state index contributed by atoms with van der Waals surface area (Å²) >= 11 is 0. The van der Waals surface area contributed by atoms with Crippen LogP contribution < -0.4 is 0 Å². The molecule has 0 spiro atoms. The molecule has 4 nitrogen and oxygen atoms in total. The minimum Gasteiger partial charge on any atom is -0.377 e. The van der Waals surface area contributed by atoms with Crippen LogP contribution in [0.2, 0.25) is 6.04 Å². The molecule has 0 fully saturated rings. The second kappa shape index (κ2) is 8.53. The minimum absolute atomic E-state index is 0.850. The molecule has 0 saturated heterocycles. The van der Waals surface area contributed by atoms with Gasteiger partial charge in [-0.2, -0.15) is 0 Å². The van der Waals surface area contributed by atoms with Crippen LogP contribution in [0.5, 0.6) is 0 Å². The third-order valence-corrected chi connectivity index (χ3v) is 6.40. The number of hydrogen-bond acceptors (Lipinski definition) is 3. The average molecular weight is 285 g/mol. The van der Waals surface area contributed by atoms with Crippen LogP contribution in [0.4, 0.5) is 0 Å². The van der Waals surface area contributed by atoms with Gasteiger partial charge in [0, 0.05) is 39.3 Å². The van der Waals surface area contributed by atoms with E-state index in [2.05, 4.69) is 18.0 Å². The lowest BCUT2D eigenvalue weighted by Gasteiger charge is -2.24. The molecule has 0 aliphatic carbocycles. The summed E-state index contributed by atoms with van der Waals surface area (Å²) in [5, 5.41) is 0. The van der Waals surface area contributed by atoms with Gasteiger partial charge >= 0.3 is 8.80 Å². The first-order valence-electron chi connectivity index (χ1n) is 7.02. The zero-order valence-electron chi connectivity index (χ0n) is 12.6. The van der Waals surface area contributed by atoms with Crippen molar-refractivity contribution in [3.8, 4) is 0 Å². The van der Waals surface area contributed by atoms with Crippen molar-refractivity contribution in [2.24, 2.45) is 0 Å². The van der Waals surface area contributed by atoms with Gasteiger partial charge in [-0.3, -0.25) is 0 Å². The Morgan fingerprint density at radius 3 is 2.32 bits per heavy atom. The van der Waals surface area contributed by atoms with E-state index < -0.39 is 8.80 Å². The molecular formula is C14H27NO3Si. The second-order valence-electron chi connectivity index (χ2n) is 4.73. The molecule has 0 saturated carbocycles. The molecule has 1 rings (SSSR count). The Balaban J connectivity index is 2.46. The van der Waals surface area contributed by atoms with E-state index in [-0.39, 0.29) is 0 Å². The quantitative estimate of drug-likeness (QED) is 0.672. The molecule has 0 unspecified atom stereocenters. The highest BCUT2D eigenvalue weighted by Crippen LogP contribution is 2.19. The summed E-state index contributed by atoms with van der Waals surface area (Å²) < 4.78 is 16.3. The Morgan fingerprint density at radius 2 is 1.74 bits per heavy atom. The number of rotatable bonds is 10. The van der Waals surface area contributed by atoms with Gasteiger partial charge in [0.15, 0.2) is 0 Å². The topological polar surface area (TPSA) is 43.5 Å². The van der Waals surface area contributed by atoms with Gasteiger partial charge in [-0.15, -0.1) is 0 Å². The van der Waals surface area contributed by atoms with Crippen molar-refractivity contribution in [2.75, 3.05) is 21.3 Å². The van der Waals surface area contributed by atoms with E-state index in [1.165, 1.54) is 24.1 Å². The van der Waals surface area contributed by atoms with E-state index in [1.807, 2.05) is 6.20 Å². The first-order chi connectivity index (χ1) is 9.21. The largest absolute Gasteiger partial charge is 0.500 e. The van der Waals surface area contributed by atoms with Crippen molar-refractivity contribution in [3.05, 3.63) is 23.5 Å². The highest BCUT2D eigenvalue weighted by atomic mass is 28.4. The van der Waals surface area contributed by atoms with Crippen molar-refractivity contribution >= 4 is 8.80 Å². The Bertz CT molecular complexity index is 342. The molecule has 1 aromatic heterocycles. The van der Waals surface area contributed by atoms with Crippen molar-refractivity contribution in [1.29, 1.82) is 0 Å². The Hall–Kier alpha value is -0.623. The third kappa shape index (κ3) is 4.76. The molecule has 0 aromatic carbocycles. The summed E-state index contributed by atoms with van der Waals surface area (Å²) in [4.78, 5) is 3.35. The van der Waals surface area contributed by atoms with E-state index >= 15 is 0 Å². The van der Waals surface area contributed by atoms with Crippen molar-refractivity contribution in [3.63, 3.8) is 0 Å². The van der Waals surface area contributed by atoms with Gasteiger partial charge in [-0.25, -0.2) is 0 Å². The number of unbranched alkanes of at least 4 members (excludes halogenated alkanes) is 1.